The highest BCUT2D eigenvalue weighted by Gasteiger charge is 2.57. The van der Waals surface area contributed by atoms with Crippen molar-refractivity contribution in [2.24, 2.45) is 10.9 Å². The second-order valence-electron chi connectivity index (χ2n) is 8.01. The van der Waals surface area contributed by atoms with E-state index in [1.807, 2.05) is 92.7 Å². The summed E-state index contributed by atoms with van der Waals surface area (Å²) in [5, 5.41) is 10.5. The molecule has 0 aromatic heterocycles. The maximum absolute atomic E-state index is 12.8. The Labute approximate surface area is 177 Å². The van der Waals surface area contributed by atoms with Crippen LogP contribution in [0.2, 0.25) is 0 Å². The number of amidine groups is 1. The molecule has 1 heterocycles. The summed E-state index contributed by atoms with van der Waals surface area (Å²) in [7, 11) is 0. The number of aliphatic carboxylic acids is 1. The van der Waals surface area contributed by atoms with Gasteiger partial charge in [-0.1, -0.05) is 105 Å². The highest BCUT2D eigenvalue weighted by molar-refractivity contribution is 6.04. The van der Waals surface area contributed by atoms with Crippen LogP contribution in [0.4, 0.5) is 0 Å². The largest absolute Gasteiger partial charge is 0.479 e. The van der Waals surface area contributed by atoms with Crippen LogP contribution in [0.15, 0.2) is 96.0 Å². The monoisotopic (exact) mass is 398 g/mol. The second-order valence-corrected chi connectivity index (χ2v) is 8.01. The SMILES string of the molecule is CC(C)[C@@]1(C(=O)O)N=C(c2ccccc2)N(Cc2ccccc2)[C@H]1c1ccccc1. The minimum Gasteiger partial charge on any atom is -0.479 e. The first-order valence-electron chi connectivity index (χ1n) is 10.3. The van der Waals surface area contributed by atoms with Gasteiger partial charge in [-0.15, -0.1) is 0 Å². The van der Waals surface area contributed by atoms with Crippen molar-refractivity contribution in [1.82, 2.24) is 4.90 Å². The maximum atomic E-state index is 12.8. The lowest BCUT2D eigenvalue weighted by molar-refractivity contribution is -0.147. The molecule has 0 saturated carbocycles. The predicted molar refractivity (Wildman–Crippen MR) is 119 cm³/mol. The number of carboxylic acid groups (broad SMARTS) is 1. The lowest BCUT2D eigenvalue weighted by Crippen LogP contribution is -2.49. The molecule has 4 heteroatoms. The van der Waals surface area contributed by atoms with Crippen LogP contribution in [-0.2, 0) is 11.3 Å². The molecular formula is C26H26N2O2. The van der Waals surface area contributed by atoms with E-state index in [1.165, 1.54) is 0 Å². The van der Waals surface area contributed by atoms with Crippen LogP contribution >= 0.6 is 0 Å². The van der Waals surface area contributed by atoms with Gasteiger partial charge in [0.1, 0.15) is 5.84 Å². The zero-order chi connectivity index (χ0) is 21.1. The first-order valence-corrected chi connectivity index (χ1v) is 10.3. The Hall–Kier alpha value is -3.40. The van der Waals surface area contributed by atoms with Crippen LogP contribution in [0.5, 0.6) is 0 Å². The van der Waals surface area contributed by atoms with Gasteiger partial charge in [0.05, 0.1) is 6.04 Å². The fourth-order valence-electron chi connectivity index (χ4n) is 4.35. The molecule has 0 radical (unpaired) electrons. The number of rotatable bonds is 6. The number of nitrogens with zero attached hydrogens (tertiary/aromatic N) is 2. The number of carbonyl (C=O) groups is 1. The molecule has 30 heavy (non-hydrogen) atoms. The molecule has 0 fully saturated rings. The Bertz CT molecular complexity index is 1030. The molecule has 152 valence electrons. The van der Waals surface area contributed by atoms with E-state index in [-0.39, 0.29) is 5.92 Å². The highest BCUT2D eigenvalue weighted by Crippen LogP contribution is 2.47. The minimum atomic E-state index is -1.28. The van der Waals surface area contributed by atoms with Gasteiger partial charge in [-0.2, -0.15) is 0 Å². The molecule has 0 bridgehead atoms. The molecule has 1 aliphatic heterocycles. The predicted octanol–water partition coefficient (Wildman–Crippen LogP) is 5.17. The van der Waals surface area contributed by atoms with Crippen LogP contribution in [0.25, 0.3) is 0 Å². The quantitative estimate of drug-likeness (QED) is 0.623. The smallest absolute Gasteiger partial charge is 0.334 e. The van der Waals surface area contributed by atoms with Crippen molar-refractivity contribution >= 4 is 11.8 Å². The van der Waals surface area contributed by atoms with Crippen molar-refractivity contribution in [3.63, 3.8) is 0 Å². The van der Waals surface area contributed by atoms with Gasteiger partial charge in [0.2, 0.25) is 0 Å². The van der Waals surface area contributed by atoms with Crippen molar-refractivity contribution in [2.75, 3.05) is 0 Å². The first kappa shape index (κ1) is 19.9. The summed E-state index contributed by atoms with van der Waals surface area (Å²) in [5.74, 6) is -0.362. The van der Waals surface area contributed by atoms with Gasteiger partial charge >= 0.3 is 5.97 Å². The van der Waals surface area contributed by atoms with E-state index < -0.39 is 17.6 Å². The highest BCUT2D eigenvalue weighted by atomic mass is 16.4. The number of benzene rings is 3. The van der Waals surface area contributed by atoms with E-state index in [1.54, 1.807) is 0 Å². The van der Waals surface area contributed by atoms with E-state index in [0.29, 0.717) is 6.54 Å². The van der Waals surface area contributed by atoms with Crippen molar-refractivity contribution in [1.29, 1.82) is 0 Å². The van der Waals surface area contributed by atoms with Crippen LogP contribution in [0.3, 0.4) is 0 Å². The van der Waals surface area contributed by atoms with Gasteiger partial charge in [0.25, 0.3) is 0 Å². The van der Waals surface area contributed by atoms with Gasteiger partial charge in [0.15, 0.2) is 5.54 Å². The molecule has 0 amide bonds. The Balaban J connectivity index is 1.93. The fraction of sp³-hybridized carbons (Fsp3) is 0.231. The Kier molecular flexibility index (Phi) is 5.40. The van der Waals surface area contributed by atoms with Gasteiger partial charge in [-0.05, 0) is 17.0 Å². The lowest BCUT2D eigenvalue weighted by Gasteiger charge is -2.38. The van der Waals surface area contributed by atoms with E-state index in [4.69, 9.17) is 4.99 Å². The third-order valence-electron chi connectivity index (χ3n) is 5.86. The Morgan fingerprint density at radius 1 is 0.933 bits per heavy atom. The number of carboxylic acids is 1. The van der Waals surface area contributed by atoms with Gasteiger partial charge in [0, 0.05) is 12.1 Å². The molecule has 0 unspecified atom stereocenters. The third kappa shape index (κ3) is 3.39. The molecule has 0 aliphatic carbocycles. The summed E-state index contributed by atoms with van der Waals surface area (Å²) in [6.07, 6.45) is 0. The molecule has 0 saturated heterocycles. The van der Waals surface area contributed by atoms with Crippen LogP contribution in [0, 0.1) is 5.92 Å². The van der Waals surface area contributed by atoms with Crippen molar-refractivity contribution < 1.29 is 9.90 Å². The summed E-state index contributed by atoms with van der Waals surface area (Å²) in [6.45, 7) is 4.47. The molecule has 1 aliphatic rings. The van der Waals surface area contributed by atoms with Crippen LogP contribution in [0.1, 0.15) is 36.6 Å². The average Bonchev–Trinajstić information content (AvgIpc) is 3.12. The standard InChI is InChI=1S/C26H26N2O2/c1-19(2)26(25(29)30)23(21-14-8-4-9-15-21)28(18-20-12-6-3-7-13-20)24(27-26)22-16-10-5-11-17-22/h3-17,19,23H,18H2,1-2H3,(H,29,30)/t23-,26+/m0/s1. The molecule has 3 aromatic carbocycles. The first-order chi connectivity index (χ1) is 14.5. The number of hydrogen-bond acceptors (Lipinski definition) is 3. The van der Waals surface area contributed by atoms with Gasteiger partial charge in [-0.25, -0.2) is 9.79 Å². The second kappa shape index (κ2) is 8.15. The lowest BCUT2D eigenvalue weighted by atomic mass is 9.77. The third-order valence-corrected chi connectivity index (χ3v) is 5.86. The number of aliphatic imine (C=N–C) groups is 1. The summed E-state index contributed by atoms with van der Waals surface area (Å²) >= 11 is 0. The molecule has 3 aromatic rings. The van der Waals surface area contributed by atoms with E-state index in [9.17, 15) is 9.90 Å². The summed E-state index contributed by atoms with van der Waals surface area (Å²) in [6, 6.07) is 29.5. The molecule has 0 spiro atoms. The summed E-state index contributed by atoms with van der Waals surface area (Å²) < 4.78 is 0. The van der Waals surface area contributed by atoms with Crippen molar-refractivity contribution in [2.45, 2.75) is 32.0 Å². The van der Waals surface area contributed by atoms with E-state index >= 15 is 0 Å². The van der Waals surface area contributed by atoms with Crippen molar-refractivity contribution in [3.8, 4) is 0 Å². The topological polar surface area (TPSA) is 52.9 Å². The summed E-state index contributed by atoms with van der Waals surface area (Å²) in [5.41, 5.74) is 1.73. The average molecular weight is 399 g/mol. The molecule has 1 N–H and O–H groups in total. The normalized spacial score (nSPS) is 21.0. The van der Waals surface area contributed by atoms with Crippen LogP contribution < -0.4 is 0 Å². The van der Waals surface area contributed by atoms with E-state index in [0.717, 1.165) is 22.5 Å². The van der Waals surface area contributed by atoms with Gasteiger partial charge < -0.3 is 10.0 Å². The minimum absolute atomic E-state index is 0.195. The molecule has 2 atom stereocenters. The molecule has 4 rings (SSSR count). The van der Waals surface area contributed by atoms with Gasteiger partial charge in [-0.3, -0.25) is 0 Å². The molecule has 4 nitrogen and oxygen atoms in total. The van der Waals surface area contributed by atoms with Crippen molar-refractivity contribution in [3.05, 3.63) is 108 Å². The fourth-order valence-corrected chi connectivity index (χ4v) is 4.35. The zero-order valence-electron chi connectivity index (χ0n) is 17.3. The zero-order valence-corrected chi connectivity index (χ0v) is 17.3. The Morgan fingerprint density at radius 3 is 2.00 bits per heavy atom. The number of hydrogen-bond donors (Lipinski definition) is 1. The van der Waals surface area contributed by atoms with Crippen LogP contribution in [-0.4, -0.2) is 27.4 Å². The maximum Gasteiger partial charge on any atom is 0.334 e. The van der Waals surface area contributed by atoms with E-state index in [2.05, 4.69) is 17.0 Å². The molecular weight excluding hydrogens is 372 g/mol. The Morgan fingerprint density at radius 2 is 1.47 bits per heavy atom. The summed E-state index contributed by atoms with van der Waals surface area (Å²) in [4.78, 5) is 19.9.